The van der Waals surface area contributed by atoms with Crippen molar-refractivity contribution in [1.29, 1.82) is 0 Å². The topological polar surface area (TPSA) is 49.4 Å². The summed E-state index contributed by atoms with van der Waals surface area (Å²) in [5.41, 5.74) is -0.533. The van der Waals surface area contributed by atoms with Crippen LogP contribution < -0.4 is 5.32 Å². The van der Waals surface area contributed by atoms with Gasteiger partial charge in [-0.25, -0.2) is 4.79 Å². The highest BCUT2D eigenvalue weighted by molar-refractivity contribution is 6.33. The standard InChI is InChI=1S/C9H15ClN2O2/c1-5-6(10)7(13)12(8(14)11-5)9(2,3)4/h5-6H,1-4H3,(H,11,14). The number of hydrogen-bond acceptors (Lipinski definition) is 2. The van der Waals surface area contributed by atoms with E-state index in [0.29, 0.717) is 0 Å². The van der Waals surface area contributed by atoms with Crippen LogP contribution >= 0.6 is 11.6 Å². The van der Waals surface area contributed by atoms with E-state index in [1.807, 2.05) is 0 Å². The van der Waals surface area contributed by atoms with Crippen LogP contribution in [0, 0.1) is 0 Å². The first kappa shape index (κ1) is 11.3. The fraction of sp³-hybridized carbons (Fsp3) is 0.778. The predicted octanol–water partition coefficient (Wildman–Crippen LogP) is 1.33. The van der Waals surface area contributed by atoms with Crippen LogP contribution in [-0.2, 0) is 4.79 Å². The van der Waals surface area contributed by atoms with Gasteiger partial charge in [0.1, 0.15) is 5.38 Å². The molecule has 0 aromatic carbocycles. The SMILES string of the molecule is CC1NC(=O)N(C(C)(C)C)C(=O)C1Cl. The summed E-state index contributed by atoms with van der Waals surface area (Å²) in [6.07, 6.45) is 0. The van der Waals surface area contributed by atoms with Crippen molar-refractivity contribution in [3.05, 3.63) is 0 Å². The molecule has 0 saturated carbocycles. The van der Waals surface area contributed by atoms with E-state index in [9.17, 15) is 9.59 Å². The lowest BCUT2D eigenvalue weighted by molar-refractivity contribution is -0.133. The lowest BCUT2D eigenvalue weighted by atomic mass is 10.0. The Bertz CT molecular complexity index is 272. The zero-order valence-electron chi connectivity index (χ0n) is 8.80. The Labute approximate surface area is 88.6 Å². The minimum atomic E-state index is -0.674. The van der Waals surface area contributed by atoms with Crippen LogP contribution in [0.2, 0.25) is 0 Å². The summed E-state index contributed by atoms with van der Waals surface area (Å²) in [6.45, 7) is 7.10. The number of rotatable bonds is 0. The van der Waals surface area contributed by atoms with E-state index < -0.39 is 10.9 Å². The van der Waals surface area contributed by atoms with Crippen LogP contribution in [-0.4, -0.2) is 33.8 Å². The molecule has 2 atom stereocenters. The molecule has 0 aromatic rings. The van der Waals surface area contributed by atoms with Gasteiger partial charge in [-0.3, -0.25) is 9.69 Å². The number of imide groups is 1. The van der Waals surface area contributed by atoms with Gasteiger partial charge in [0, 0.05) is 5.54 Å². The van der Waals surface area contributed by atoms with Crippen molar-refractivity contribution < 1.29 is 9.59 Å². The highest BCUT2D eigenvalue weighted by Gasteiger charge is 2.42. The highest BCUT2D eigenvalue weighted by Crippen LogP contribution is 2.22. The Morgan fingerprint density at radius 1 is 1.36 bits per heavy atom. The van der Waals surface area contributed by atoms with Gasteiger partial charge in [-0.05, 0) is 27.7 Å². The maximum atomic E-state index is 11.7. The molecule has 3 amide bonds. The number of nitrogens with one attached hydrogen (secondary N) is 1. The van der Waals surface area contributed by atoms with E-state index in [4.69, 9.17) is 11.6 Å². The van der Waals surface area contributed by atoms with Crippen molar-refractivity contribution in [3.63, 3.8) is 0 Å². The predicted molar refractivity (Wildman–Crippen MR) is 54.2 cm³/mol. The van der Waals surface area contributed by atoms with Crippen molar-refractivity contribution in [3.8, 4) is 0 Å². The molecule has 1 heterocycles. The summed E-state index contributed by atoms with van der Waals surface area (Å²) in [5.74, 6) is -0.324. The van der Waals surface area contributed by atoms with E-state index in [1.54, 1.807) is 27.7 Å². The number of amides is 3. The van der Waals surface area contributed by atoms with Gasteiger partial charge in [-0.2, -0.15) is 0 Å². The van der Waals surface area contributed by atoms with Gasteiger partial charge in [-0.15, -0.1) is 11.6 Å². The summed E-state index contributed by atoms with van der Waals surface area (Å²) >= 11 is 5.88. The fourth-order valence-corrected chi connectivity index (χ4v) is 1.57. The molecule has 0 aliphatic carbocycles. The van der Waals surface area contributed by atoms with Crippen molar-refractivity contribution in [2.45, 2.75) is 44.7 Å². The van der Waals surface area contributed by atoms with Crippen LogP contribution in [0.25, 0.3) is 0 Å². The molecule has 1 aliphatic rings. The van der Waals surface area contributed by atoms with Gasteiger partial charge in [-0.1, -0.05) is 0 Å². The van der Waals surface area contributed by atoms with Crippen molar-refractivity contribution in [1.82, 2.24) is 10.2 Å². The minimum absolute atomic E-state index is 0.310. The third-order valence-electron chi connectivity index (χ3n) is 2.12. The Morgan fingerprint density at radius 3 is 2.29 bits per heavy atom. The molecule has 0 radical (unpaired) electrons. The van der Waals surface area contributed by atoms with Gasteiger partial charge in [0.15, 0.2) is 0 Å². The Hall–Kier alpha value is -0.770. The summed E-state index contributed by atoms with van der Waals surface area (Å²) in [4.78, 5) is 24.4. The van der Waals surface area contributed by atoms with Gasteiger partial charge in [0.2, 0.25) is 0 Å². The molecule has 1 N–H and O–H groups in total. The zero-order valence-corrected chi connectivity index (χ0v) is 9.55. The summed E-state index contributed by atoms with van der Waals surface area (Å²) in [7, 11) is 0. The molecule has 1 fully saturated rings. The molecular weight excluding hydrogens is 204 g/mol. The first-order valence-corrected chi connectivity index (χ1v) is 4.97. The Balaban J connectivity index is 2.97. The van der Waals surface area contributed by atoms with Gasteiger partial charge in [0.25, 0.3) is 5.91 Å². The molecule has 4 nitrogen and oxygen atoms in total. The first-order valence-electron chi connectivity index (χ1n) is 4.54. The number of halogens is 1. The molecule has 0 spiro atoms. The molecule has 14 heavy (non-hydrogen) atoms. The molecule has 0 bridgehead atoms. The van der Waals surface area contributed by atoms with Crippen molar-refractivity contribution >= 4 is 23.5 Å². The van der Waals surface area contributed by atoms with Crippen LogP contribution in [0.15, 0.2) is 0 Å². The number of hydrogen-bond donors (Lipinski definition) is 1. The van der Waals surface area contributed by atoms with Crippen molar-refractivity contribution in [2.75, 3.05) is 0 Å². The lowest BCUT2D eigenvalue weighted by Gasteiger charge is -2.40. The largest absolute Gasteiger partial charge is 0.333 e. The highest BCUT2D eigenvalue weighted by atomic mass is 35.5. The van der Waals surface area contributed by atoms with Gasteiger partial charge in [0.05, 0.1) is 6.04 Å². The second-order valence-corrected chi connectivity index (χ2v) is 4.95. The molecule has 2 unspecified atom stereocenters. The number of urea groups is 1. The minimum Gasteiger partial charge on any atom is -0.333 e. The number of alkyl halides is 1. The van der Waals surface area contributed by atoms with Gasteiger partial charge >= 0.3 is 6.03 Å². The molecule has 1 aliphatic heterocycles. The molecule has 80 valence electrons. The second kappa shape index (κ2) is 3.42. The molecule has 1 saturated heterocycles. The summed E-state index contributed by atoms with van der Waals surface area (Å²) in [5, 5.41) is 1.98. The quantitative estimate of drug-likeness (QED) is 0.624. The fourth-order valence-electron chi connectivity index (χ4n) is 1.40. The third-order valence-corrected chi connectivity index (χ3v) is 2.68. The van der Waals surface area contributed by atoms with E-state index in [1.165, 1.54) is 4.90 Å². The monoisotopic (exact) mass is 218 g/mol. The smallest absolute Gasteiger partial charge is 0.324 e. The molecule has 1 rings (SSSR count). The van der Waals surface area contributed by atoms with Crippen LogP contribution in [0.3, 0.4) is 0 Å². The Morgan fingerprint density at radius 2 is 1.86 bits per heavy atom. The van der Waals surface area contributed by atoms with Crippen LogP contribution in [0.4, 0.5) is 4.79 Å². The number of nitrogens with zero attached hydrogens (tertiary/aromatic N) is 1. The van der Waals surface area contributed by atoms with E-state index in [2.05, 4.69) is 5.32 Å². The number of carbonyl (C=O) groups is 2. The summed E-state index contributed by atoms with van der Waals surface area (Å²) in [6, 6.07) is -0.679. The zero-order chi connectivity index (χ0) is 11.1. The van der Waals surface area contributed by atoms with Crippen LogP contribution in [0.5, 0.6) is 0 Å². The van der Waals surface area contributed by atoms with Gasteiger partial charge < -0.3 is 5.32 Å². The molecule has 0 aromatic heterocycles. The lowest BCUT2D eigenvalue weighted by Crippen LogP contribution is -2.64. The molecular formula is C9H15ClN2O2. The van der Waals surface area contributed by atoms with Crippen molar-refractivity contribution in [2.24, 2.45) is 0 Å². The molecule has 5 heteroatoms. The first-order chi connectivity index (χ1) is 6.25. The van der Waals surface area contributed by atoms with E-state index >= 15 is 0 Å². The third kappa shape index (κ3) is 1.85. The number of carbonyl (C=O) groups excluding carboxylic acids is 2. The van der Waals surface area contributed by atoms with E-state index in [0.717, 1.165) is 0 Å². The van der Waals surface area contributed by atoms with E-state index in [-0.39, 0.29) is 18.0 Å². The maximum Gasteiger partial charge on any atom is 0.324 e. The Kier molecular flexibility index (Phi) is 2.76. The second-order valence-electron chi connectivity index (χ2n) is 4.48. The average Bonchev–Trinajstić information content (AvgIpc) is 1.97. The average molecular weight is 219 g/mol. The van der Waals surface area contributed by atoms with Crippen LogP contribution in [0.1, 0.15) is 27.7 Å². The maximum absolute atomic E-state index is 11.7. The summed E-state index contributed by atoms with van der Waals surface area (Å²) < 4.78 is 0. The normalized spacial score (nSPS) is 29.1.